The van der Waals surface area contributed by atoms with Crippen molar-refractivity contribution in [2.75, 3.05) is 26.4 Å². The minimum Gasteiger partial charge on any atom is -0.442 e. The van der Waals surface area contributed by atoms with Gasteiger partial charge < -0.3 is 18.9 Å². The summed E-state index contributed by atoms with van der Waals surface area (Å²) in [5.74, 6) is 0.244. The molecule has 124 valence electrons. The van der Waals surface area contributed by atoms with Gasteiger partial charge in [0.25, 0.3) is 17.2 Å². The van der Waals surface area contributed by atoms with Gasteiger partial charge in [0.2, 0.25) is 11.8 Å². The molecule has 2 heterocycles. The molecule has 2 aliphatic heterocycles. The Morgan fingerprint density at radius 3 is 1.68 bits per heavy atom. The van der Waals surface area contributed by atoms with Crippen molar-refractivity contribution in [1.29, 1.82) is 0 Å². The topological polar surface area (TPSA) is 103 Å². The van der Waals surface area contributed by atoms with E-state index in [1.807, 2.05) is 13.8 Å². The third kappa shape index (κ3) is 3.00. The number of ether oxygens (including phenoxy) is 4. The summed E-state index contributed by atoms with van der Waals surface area (Å²) in [6, 6.07) is 0. The molecule has 0 fully saturated rings. The van der Waals surface area contributed by atoms with Gasteiger partial charge >= 0.3 is 0 Å². The molecule has 22 heavy (non-hydrogen) atoms. The first-order valence-electron chi connectivity index (χ1n) is 7.19. The second-order valence-corrected chi connectivity index (χ2v) is 4.95. The predicted molar refractivity (Wildman–Crippen MR) is 78.1 cm³/mol. The van der Waals surface area contributed by atoms with Crippen molar-refractivity contribution in [1.82, 2.24) is 10.9 Å². The van der Waals surface area contributed by atoms with E-state index in [1.54, 1.807) is 13.8 Å². The highest BCUT2D eigenvalue weighted by Crippen LogP contribution is 2.27. The van der Waals surface area contributed by atoms with Gasteiger partial charge in [0.1, 0.15) is 13.2 Å². The van der Waals surface area contributed by atoms with Gasteiger partial charge in [-0.2, -0.15) is 0 Å². The van der Waals surface area contributed by atoms with Crippen LogP contribution in [0.25, 0.3) is 0 Å². The van der Waals surface area contributed by atoms with Crippen LogP contribution in [0.3, 0.4) is 0 Å². The monoisotopic (exact) mass is 314 g/mol. The average Bonchev–Trinajstić information content (AvgIpc) is 3.07. The van der Waals surface area contributed by atoms with Crippen molar-refractivity contribution in [2.24, 2.45) is 10.2 Å². The highest BCUT2D eigenvalue weighted by molar-refractivity contribution is 5.99. The Hall–Kier alpha value is -1.87. The lowest BCUT2D eigenvalue weighted by Crippen LogP contribution is -2.66. The minimum absolute atomic E-state index is 0.0128. The summed E-state index contributed by atoms with van der Waals surface area (Å²) < 4.78 is 22.0. The van der Waals surface area contributed by atoms with E-state index in [0.29, 0.717) is 25.0 Å². The maximum absolute atomic E-state index is 13.1. The minimum atomic E-state index is -1.47. The number of carbonyl (C=O) groups is 1. The van der Waals surface area contributed by atoms with Crippen LogP contribution >= 0.6 is 0 Å². The molecular formula is C13H22N4O5. The summed E-state index contributed by atoms with van der Waals surface area (Å²) in [7, 11) is 0. The maximum Gasteiger partial charge on any atom is 0.285 e. The molecule has 2 aliphatic rings. The fourth-order valence-electron chi connectivity index (χ4n) is 2.20. The Labute approximate surface area is 129 Å². The number of ketones is 1. The summed E-state index contributed by atoms with van der Waals surface area (Å²) in [5.41, 5.74) is 2.49. The zero-order valence-electron chi connectivity index (χ0n) is 13.3. The molecule has 0 saturated heterocycles. The number of hydrazone groups is 2. The molecule has 0 spiro atoms. The van der Waals surface area contributed by atoms with Crippen LogP contribution in [0.15, 0.2) is 10.2 Å². The molecular weight excluding hydrogens is 292 g/mol. The van der Waals surface area contributed by atoms with Crippen molar-refractivity contribution >= 4 is 17.6 Å². The Kier molecular flexibility index (Phi) is 4.87. The van der Waals surface area contributed by atoms with Crippen LogP contribution in [0, 0.1) is 0 Å². The first kappa shape index (κ1) is 16.5. The fraction of sp³-hybridized carbons (Fsp3) is 0.769. The summed E-state index contributed by atoms with van der Waals surface area (Å²) in [5, 5.41) is 7.90. The average molecular weight is 314 g/mol. The molecule has 0 bridgehead atoms. The highest BCUT2D eigenvalue weighted by atomic mass is 16.6. The van der Waals surface area contributed by atoms with Crippen LogP contribution in [0.5, 0.6) is 0 Å². The standard InChI is InChI=1S/C13H22N4O5/c1-5-19-7-12(16-14-9(3)21-12)11(18)13(8-20-6-2)17-15-10(4)22-13/h16-17H,5-8H2,1-4H3. The van der Waals surface area contributed by atoms with E-state index in [4.69, 9.17) is 18.9 Å². The van der Waals surface area contributed by atoms with Gasteiger partial charge in [0.15, 0.2) is 0 Å². The van der Waals surface area contributed by atoms with Crippen molar-refractivity contribution in [2.45, 2.75) is 39.1 Å². The normalized spacial score (nSPS) is 29.8. The quantitative estimate of drug-likeness (QED) is 0.646. The lowest BCUT2D eigenvalue weighted by molar-refractivity contribution is -0.168. The summed E-state index contributed by atoms with van der Waals surface area (Å²) in [6.45, 7) is 7.79. The molecule has 0 aliphatic carbocycles. The molecule has 0 aromatic rings. The van der Waals surface area contributed by atoms with Gasteiger partial charge in [-0.1, -0.05) is 0 Å². The molecule has 2 atom stereocenters. The van der Waals surface area contributed by atoms with Crippen molar-refractivity contribution in [3.8, 4) is 0 Å². The van der Waals surface area contributed by atoms with Gasteiger partial charge in [-0.25, -0.2) is 0 Å². The number of carbonyl (C=O) groups excluding carboxylic acids is 1. The first-order valence-corrected chi connectivity index (χ1v) is 7.19. The van der Waals surface area contributed by atoms with E-state index < -0.39 is 17.2 Å². The lowest BCUT2D eigenvalue weighted by atomic mass is 9.99. The van der Waals surface area contributed by atoms with E-state index in [1.165, 1.54) is 0 Å². The third-order valence-corrected chi connectivity index (χ3v) is 3.18. The van der Waals surface area contributed by atoms with Crippen molar-refractivity contribution < 1.29 is 23.7 Å². The van der Waals surface area contributed by atoms with Gasteiger partial charge in [0, 0.05) is 27.1 Å². The first-order chi connectivity index (χ1) is 10.5. The van der Waals surface area contributed by atoms with Gasteiger partial charge in [-0.15, -0.1) is 10.2 Å². The van der Waals surface area contributed by atoms with Crippen LogP contribution in [0.1, 0.15) is 27.7 Å². The van der Waals surface area contributed by atoms with E-state index in [0.717, 1.165) is 0 Å². The Morgan fingerprint density at radius 2 is 1.41 bits per heavy atom. The third-order valence-electron chi connectivity index (χ3n) is 3.18. The van der Waals surface area contributed by atoms with Crippen LogP contribution in [-0.2, 0) is 23.7 Å². The summed E-state index contributed by atoms with van der Waals surface area (Å²) in [6.07, 6.45) is 0. The smallest absolute Gasteiger partial charge is 0.285 e. The lowest BCUT2D eigenvalue weighted by Gasteiger charge is -2.34. The molecule has 9 nitrogen and oxygen atoms in total. The molecule has 2 unspecified atom stereocenters. The molecule has 0 amide bonds. The van der Waals surface area contributed by atoms with Crippen LogP contribution in [0.4, 0.5) is 0 Å². The molecule has 9 heteroatoms. The largest absolute Gasteiger partial charge is 0.442 e. The number of rotatable bonds is 8. The second kappa shape index (κ2) is 6.49. The highest BCUT2D eigenvalue weighted by Gasteiger charge is 2.59. The Morgan fingerprint density at radius 1 is 1.00 bits per heavy atom. The fourth-order valence-corrected chi connectivity index (χ4v) is 2.20. The summed E-state index contributed by atoms with van der Waals surface area (Å²) >= 11 is 0. The molecule has 2 N–H and O–H groups in total. The second-order valence-electron chi connectivity index (χ2n) is 4.95. The Balaban J connectivity index is 2.23. The van der Waals surface area contributed by atoms with Crippen molar-refractivity contribution in [3.63, 3.8) is 0 Å². The molecule has 2 rings (SSSR count). The van der Waals surface area contributed by atoms with E-state index in [9.17, 15) is 4.79 Å². The van der Waals surface area contributed by atoms with Gasteiger partial charge in [0.05, 0.1) is 0 Å². The van der Waals surface area contributed by atoms with Crippen LogP contribution in [0.2, 0.25) is 0 Å². The molecule has 0 aromatic heterocycles. The zero-order valence-corrected chi connectivity index (χ0v) is 13.3. The molecule has 0 saturated carbocycles. The number of hydrogen-bond acceptors (Lipinski definition) is 9. The molecule has 0 radical (unpaired) electrons. The number of nitrogens with zero attached hydrogens (tertiary/aromatic N) is 2. The number of hydrogen-bond donors (Lipinski definition) is 2. The maximum atomic E-state index is 13.1. The Bertz CT molecular complexity index is 453. The van der Waals surface area contributed by atoms with Crippen LogP contribution in [-0.4, -0.2) is 55.5 Å². The molecule has 0 aromatic carbocycles. The van der Waals surface area contributed by atoms with Gasteiger partial charge in [-0.05, 0) is 13.8 Å². The summed E-state index contributed by atoms with van der Waals surface area (Å²) in [4.78, 5) is 13.1. The number of Topliss-reactive ketones (excluding diaryl/α,β-unsaturated/α-hetero) is 1. The van der Waals surface area contributed by atoms with E-state index in [-0.39, 0.29) is 13.2 Å². The van der Waals surface area contributed by atoms with Crippen molar-refractivity contribution in [3.05, 3.63) is 0 Å². The van der Waals surface area contributed by atoms with E-state index >= 15 is 0 Å². The SMILES string of the molecule is CCOCC1(C(=O)C2(COCC)NN=C(C)O2)NN=C(C)O1. The van der Waals surface area contributed by atoms with E-state index in [2.05, 4.69) is 21.1 Å². The predicted octanol–water partition coefficient (Wildman–Crippen LogP) is -0.0725. The van der Waals surface area contributed by atoms with Gasteiger partial charge in [-0.3, -0.25) is 15.6 Å². The zero-order chi connectivity index (χ0) is 16.2. The van der Waals surface area contributed by atoms with Crippen LogP contribution < -0.4 is 10.9 Å². The number of nitrogens with one attached hydrogen (secondary N) is 2.